The van der Waals surface area contributed by atoms with Crippen LogP contribution in [0.1, 0.15) is 62.7 Å². The summed E-state index contributed by atoms with van der Waals surface area (Å²) < 4.78 is 5.62. The van der Waals surface area contributed by atoms with Gasteiger partial charge in [-0.1, -0.05) is 38.7 Å². The minimum atomic E-state index is -0.933. The van der Waals surface area contributed by atoms with Gasteiger partial charge < -0.3 is 35.4 Å². The van der Waals surface area contributed by atoms with E-state index in [9.17, 15) is 30.3 Å². The number of carboxylic acid groups (broad SMARTS) is 1. The monoisotopic (exact) mass is 434 g/mol. The highest BCUT2D eigenvalue weighted by molar-refractivity contribution is 5.66. The number of fused-ring (bicyclic) bond motifs is 1. The fraction of sp³-hybridized carbons (Fsp3) is 0.435. The average molecular weight is 434 g/mol. The van der Waals surface area contributed by atoms with Gasteiger partial charge in [0.15, 0.2) is 11.5 Å². The summed E-state index contributed by atoms with van der Waals surface area (Å²) in [4.78, 5) is 10.0. The zero-order chi connectivity index (χ0) is 23.0. The number of unbranched alkanes of at least 4 members (excludes halogenated alkanes) is 4. The Morgan fingerprint density at radius 2 is 1.68 bits per heavy atom. The highest BCUT2D eigenvalue weighted by atomic mass is 16.5. The summed E-state index contributed by atoms with van der Waals surface area (Å²) in [7, 11) is 0. The van der Waals surface area contributed by atoms with Gasteiger partial charge in [-0.25, -0.2) is 0 Å². The number of aromatic hydroxyl groups is 4. The number of phenols is 4. The second-order valence-corrected chi connectivity index (χ2v) is 7.56. The van der Waals surface area contributed by atoms with Gasteiger partial charge in [-0.05, 0) is 24.1 Å². The van der Waals surface area contributed by atoms with Crippen LogP contribution in [0.2, 0.25) is 0 Å². The molecular weight excluding hydrogens is 404 g/mol. The first-order valence-electron chi connectivity index (χ1n) is 10.4. The number of rotatable bonds is 7. The van der Waals surface area contributed by atoms with Crippen LogP contribution < -0.4 is 4.74 Å². The molecule has 0 saturated carbocycles. The molecule has 8 heteroatoms. The van der Waals surface area contributed by atoms with Crippen LogP contribution in [0.15, 0.2) is 30.3 Å². The minimum absolute atomic E-state index is 0.143. The highest BCUT2D eigenvalue weighted by Gasteiger charge is 2.32. The second kappa shape index (κ2) is 11.3. The van der Waals surface area contributed by atoms with E-state index in [2.05, 4.69) is 6.92 Å². The Morgan fingerprint density at radius 3 is 2.32 bits per heavy atom. The number of benzene rings is 2. The Labute approximate surface area is 181 Å². The zero-order valence-electron chi connectivity index (χ0n) is 17.5. The molecular formula is C23H30O8. The smallest absolute Gasteiger partial charge is 0.303 e. The van der Waals surface area contributed by atoms with Gasteiger partial charge in [-0.15, -0.1) is 0 Å². The Hall–Kier alpha value is -3.13. The number of hydrogen-bond donors (Lipinski definition) is 6. The molecule has 0 spiro atoms. The fourth-order valence-electron chi connectivity index (χ4n) is 3.35. The van der Waals surface area contributed by atoms with E-state index in [0.29, 0.717) is 17.5 Å². The van der Waals surface area contributed by atoms with E-state index in [4.69, 9.17) is 9.84 Å². The third-order valence-corrected chi connectivity index (χ3v) is 5.01. The molecule has 1 aliphatic rings. The molecule has 2 aromatic rings. The van der Waals surface area contributed by atoms with E-state index in [-0.39, 0.29) is 35.2 Å². The minimum Gasteiger partial charge on any atom is -0.508 e. The van der Waals surface area contributed by atoms with Gasteiger partial charge in [0.25, 0.3) is 0 Å². The lowest BCUT2D eigenvalue weighted by Crippen LogP contribution is -2.30. The molecule has 0 amide bonds. The molecule has 3 rings (SSSR count). The van der Waals surface area contributed by atoms with Crippen molar-refractivity contribution < 1.29 is 40.2 Å². The van der Waals surface area contributed by atoms with Crippen molar-refractivity contribution in [2.75, 3.05) is 0 Å². The van der Waals surface area contributed by atoms with Crippen LogP contribution in [0.4, 0.5) is 0 Å². The van der Waals surface area contributed by atoms with Crippen molar-refractivity contribution in [1.29, 1.82) is 0 Å². The normalized spacial score (nSPS) is 17.1. The highest BCUT2D eigenvalue weighted by Crippen LogP contribution is 2.42. The zero-order valence-corrected chi connectivity index (χ0v) is 17.5. The molecule has 0 fully saturated rings. The molecule has 2 atom stereocenters. The van der Waals surface area contributed by atoms with Crippen LogP contribution in [0.25, 0.3) is 0 Å². The van der Waals surface area contributed by atoms with E-state index in [1.807, 2.05) is 0 Å². The van der Waals surface area contributed by atoms with E-state index in [1.165, 1.54) is 49.6 Å². The number of carbonyl (C=O) groups is 1. The van der Waals surface area contributed by atoms with Gasteiger partial charge in [-0.2, -0.15) is 0 Å². The molecule has 0 unspecified atom stereocenters. The maximum Gasteiger partial charge on any atom is 0.303 e. The van der Waals surface area contributed by atoms with Crippen LogP contribution in [0.3, 0.4) is 0 Å². The number of ether oxygens (including phenoxy) is 1. The summed E-state index contributed by atoms with van der Waals surface area (Å²) in [6, 6.07) is 6.67. The second-order valence-electron chi connectivity index (χ2n) is 7.56. The first-order chi connectivity index (χ1) is 14.7. The lowest BCUT2D eigenvalue weighted by Gasteiger charge is -2.31. The lowest BCUT2D eigenvalue weighted by molar-refractivity contribution is -0.137. The SMILES string of the molecule is CCCCCCCC(=O)O.Oc1cc(O)c2c(c1)O[C@H](c1ccc(O)c(O)c1)[C@@H](O)C2. The van der Waals surface area contributed by atoms with E-state index >= 15 is 0 Å². The van der Waals surface area contributed by atoms with Crippen molar-refractivity contribution in [3.8, 4) is 28.7 Å². The largest absolute Gasteiger partial charge is 0.508 e. The topological polar surface area (TPSA) is 148 Å². The molecule has 6 N–H and O–H groups in total. The molecule has 1 aliphatic heterocycles. The predicted octanol–water partition coefficient (Wildman–Crippen LogP) is 3.98. The van der Waals surface area contributed by atoms with Gasteiger partial charge in [0.2, 0.25) is 0 Å². The van der Waals surface area contributed by atoms with Crippen molar-refractivity contribution in [1.82, 2.24) is 0 Å². The summed E-state index contributed by atoms with van der Waals surface area (Å²) in [5.74, 6) is -1.26. The van der Waals surface area contributed by atoms with Crippen molar-refractivity contribution in [3.05, 3.63) is 41.5 Å². The van der Waals surface area contributed by atoms with Crippen molar-refractivity contribution in [2.45, 2.75) is 64.1 Å². The maximum absolute atomic E-state index is 10.2. The van der Waals surface area contributed by atoms with Gasteiger partial charge in [0.05, 0.1) is 6.10 Å². The first kappa shape index (κ1) is 24.1. The van der Waals surface area contributed by atoms with Crippen LogP contribution in [0.5, 0.6) is 28.7 Å². The van der Waals surface area contributed by atoms with Crippen LogP contribution >= 0.6 is 0 Å². The summed E-state index contributed by atoms with van der Waals surface area (Å²) in [6.45, 7) is 2.15. The molecule has 0 radical (unpaired) electrons. The third kappa shape index (κ3) is 6.96. The van der Waals surface area contributed by atoms with Gasteiger partial charge in [0.1, 0.15) is 23.4 Å². The van der Waals surface area contributed by atoms with E-state index in [0.717, 1.165) is 12.8 Å². The number of aliphatic carboxylic acids is 1. The predicted molar refractivity (Wildman–Crippen MR) is 114 cm³/mol. The van der Waals surface area contributed by atoms with E-state index < -0.39 is 18.2 Å². The van der Waals surface area contributed by atoms with Gasteiger partial charge >= 0.3 is 5.97 Å². The van der Waals surface area contributed by atoms with Crippen molar-refractivity contribution in [3.63, 3.8) is 0 Å². The summed E-state index contributed by atoms with van der Waals surface area (Å²) >= 11 is 0. The first-order valence-corrected chi connectivity index (χ1v) is 10.4. The maximum atomic E-state index is 10.2. The van der Waals surface area contributed by atoms with Crippen LogP contribution in [-0.2, 0) is 11.2 Å². The Kier molecular flexibility index (Phi) is 8.81. The standard InChI is InChI=1S/C15H14O6.C8H16O2/c16-8-4-11(18)9-6-13(20)15(21-14(9)5-8)7-1-2-10(17)12(19)3-7;1-2-3-4-5-6-7-8(9)10/h1-5,13,15-20H,6H2;2-7H2,1H3,(H,9,10)/t13-,15+;/m0./s1. The van der Waals surface area contributed by atoms with Gasteiger partial charge in [-0.3, -0.25) is 4.79 Å². The van der Waals surface area contributed by atoms with Crippen molar-refractivity contribution in [2.24, 2.45) is 0 Å². The third-order valence-electron chi connectivity index (χ3n) is 5.01. The number of aliphatic hydroxyl groups is 1. The Balaban J connectivity index is 0.000000291. The molecule has 31 heavy (non-hydrogen) atoms. The van der Waals surface area contributed by atoms with Crippen LogP contribution in [0, 0.1) is 0 Å². The molecule has 0 aromatic heterocycles. The lowest BCUT2D eigenvalue weighted by atomic mass is 9.94. The number of carboxylic acids is 1. The van der Waals surface area contributed by atoms with Crippen LogP contribution in [-0.4, -0.2) is 42.7 Å². The molecule has 0 saturated heterocycles. The number of aliphatic hydroxyl groups excluding tert-OH is 1. The molecule has 2 aromatic carbocycles. The quantitative estimate of drug-likeness (QED) is 0.283. The number of phenolic OH excluding ortho intramolecular Hbond substituents is 4. The molecule has 8 nitrogen and oxygen atoms in total. The summed E-state index contributed by atoms with van der Waals surface area (Å²) in [6.07, 6.45) is 4.32. The Bertz CT molecular complexity index is 880. The average Bonchev–Trinajstić information content (AvgIpc) is 2.70. The Morgan fingerprint density at radius 1 is 0.968 bits per heavy atom. The molecule has 170 valence electrons. The summed E-state index contributed by atoms with van der Waals surface area (Å²) in [5.41, 5.74) is 0.894. The molecule has 1 heterocycles. The van der Waals surface area contributed by atoms with Crippen molar-refractivity contribution >= 4 is 5.97 Å². The fourth-order valence-corrected chi connectivity index (χ4v) is 3.35. The van der Waals surface area contributed by atoms with Gasteiger partial charge in [0, 0.05) is 30.5 Å². The number of hydrogen-bond acceptors (Lipinski definition) is 7. The molecule has 0 aliphatic carbocycles. The van der Waals surface area contributed by atoms with E-state index in [1.54, 1.807) is 0 Å². The summed E-state index contributed by atoms with van der Waals surface area (Å²) in [5, 5.41) is 56.6. The molecule has 0 bridgehead atoms.